The maximum absolute atomic E-state index is 3.44. The van der Waals surface area contributed by atoms with Gasteiger partial charge in [0.15, 0.2) is 0 Å². The van der Waals surface area contributed by atoms with E-state index in [2.05, 4.69) is 28.9 Å². The van der Waals surface area contributed by atoms with Gasteiger partial charge in [0, 0.05) is 18.8 Å². The first-order valence-electron chi connectivity index (χ1n) is 3.81. The zero-order valence-electron chi connectivity index (χ0n) is 5.93. The lowest BCUT2D eigenvalue weighted by molar-refractivity contribution is 0.480. The van der Waals surface area contributed by atoms with Crippen molar-refractivity contribution in [2.24, 2.45) is 0 Å². The van der Waals surface area contributed by atoms with E-state index >= 15 is 0 Å². The molecular formula is C8H12N2. The van der Waals surface area contributed by atoms with Crippen molar-refractivity contribution in [3.63, 3.8) is 0 Å². The van der Waals surface area contributed by atoms with Gasteiger partial charge in [-0.1, -0.05) is 12.2 Å². The Morgan fingerprint density at radius 3 is 3.30 bits per heavy atom. The number of allylic oxidation sites excluding steroid dienone is 2. The Balaban J connectivity index is 2.14. The predicted octanol–water partition coefficient (Wildman–Crippen LogP) is 0.392. The molecule has 1 heterocycles. The number of rotatable bonds is 0. The van der Waals surface area contributed by atoms with Crippen LogP contribution in [0.3, 0.4) is 0 Å². The third kappa shape index (κ3) is 0.948. The SMILES string of the molecule is C1=CCC2NCCNC2=C1. The van der Waals surface area contributed by atoms with Gasteiger partial charge in [-0.15, -0.1) is 0 Å². The fraction of sp³-hybridized carbons (Fsp3) is 0.500. The normalized spacial score (nSPS) is 30.4. The molecule has 0 aromatic rings. The van der Waals surface area contributed by atoms with Gasteiger partial charge in [0.05, 0.1) is 6.04 Å². The smallest absolute Gasteiger partial charge is 0.0505 e. The van der Waals surface area contributed by atoms with E-state index in [1.807, 2.05) is 0 Å². The van der Waals surface area contributed by atoms with E-state index in [0.29, 0.717) is 6.04 Å². The summed E-state index contributed by atoms with van der Waals surface area (Å²) in [6.07, 6.45) is 7.61. The third-order valence-corrected chi connectivity index (χ3v) is 2.00. The van der Waals surface area contributed by atoms with E-state index in [1.54, 1.807) is 0 Å². The summed E-state index contributed by atoms with van der Waals surface area (Å²) in [4.78, 5) is 0. The summed E-state index contributed by atoms with van der Waals surface area (Å²) in [5.74, 6) is 0. The highest BCUT2D eigenvalue weighted by Gasteiger charge is 2.16. The van der Waals surface area contributed by atoms with E-state index in [0.717, 1.165) is 19.5 Å². The Hall–Kier alpha value is -0.760. The topological polar surface area (TPSA) is 24.1 Å². The van der Waals surface area contributed by atoms with Crippen molar-refractivity contribution < 1.29 is 0 Å². The van der Waals surface area contributed by atoms with Crippen LogP contribution in [0, 0.1) is 0 Å². The molecule has 2 aliphatic rings. The average molecular weight is 136 g/mol. The molecule has 54 valence electrons. The lowest BCUT2D eigenvalue weighted by Crippen LogP contribution is -2.46. The lowest BCUT2D eigenvalue weighted by atomic mass is 10.0. The van der Waals surface area contributed by atoms with Crippen LogP contribution in [0.4, 0.5) is 0 Å². The van der Waals surface area contributed by atoms with Gasteiger partial charge in [-0.25, -0.2) is 0 Å². The van der Waals surface area contributed by atoms with Crippen molar-refractivity contribution >= 4 is 0 Å². The molecule has 10 heavy (non-hydrogen) atoms. The van der Waals surface area contributed by atoms with Crippen LogP contribution < -0.4 is 10.6 Å². The van der Waals surface area contributed by atoms with Crippen LogP contribution in [-0.2, 0) is 0 Å². The number of nitrogens with one attached hydrogen (secondary N) is 2. The summed E-state index contributed by atoms with van der Waals surface area (Å²) in [6, 6.07) is 0.568. The van der Waals surface area contributed by atoms with Crippen molar-refractivity contribution in [3.05, 3.63) is 23.9 Å². The summed E-state index contributed by atoms with van der Waals surface area (Å²) in [5, 5.41) is 6.81. The molecule has 1 unspecified atom stereocenters. The second kappa shape index (κ2) is 2.46. The van der Waals surface area contributed by atoms with Gasteiger partial charge in [0.1, 0.15) is 0 Å². The molecule has 1 fully saturated rings. The number of fused-ring (bicyclic) bond motifs is 1. The molecule has 1 aliphatic carbocycles. The Morgan fingerprint density at radius 2 is 2.40 bits per heavy atom. The van der Waals surface area contributed by atoms with Gasteiger partial charge in [0.2, 0.25) is 0 Å². The van der Waals surface area contributed by atoms with Crippen molar-refractivity contribution in [2.45, 2.75) is 12.5 Å². The first-order chi connectivity index (χ1) is 4.97. The molecule has 0 aromatic carbocycles. The van der Waals surface area contributed by atoms with Gasteiger partial charge in [-0.05, 0) is 12.5 Å². The third-order valence-electron chi connectivity index (χ3n) is 2.00. The summed E-state index contributed by atoms with van der Waals surface area (Å²) in [5.41, 5.74) is 1.36. The number of piperazine rings is 1. The van der Waals surface area contributed by atoms with Crippen molar-refractivity contribution in [1.29, 1.82) is 0 Å². The van der Waals surface area contributed by atoms with Crippen molar-refractivity contribution in [3.8, 4) is 0 Å². The van der Waals surface area contributed by atoms with E-state index < -0.39 is 0 Å². The minimum Gasteiger partial charge on any atom is -0.386 e. The maximum Gasteiger partial charge on any atom is 0.0505 e. The summed E-state index contributed by atoms with van der Waals surface area (Å²) in [6.45, 7) is 2.16. The van der Waals surface area contributed by atoms with Gasteiger partial charge in [0.25, 0.3) is 0 Å². The summed E-state index contributed by atoms with van der Waals surface area (Å²) >= 11 is 0. The van der Waals surface area contributed by atoms with E-state index in [9.17, 15) is 0 Å². The van der Waals surface area contributed by atoms with Crippen molar-refractivity contribution in [1.82, 2.24) is 10.6 Å². The fourth-order valence-corrected chi connectivity index (χ4v) is 1.46. The Morgan fingerprint density at radius 1 is 1.40 bits per heavy atom. The van der Waals surface area contributed by atoms with Crippen molar-refractivity contribution in [2.75, 3.05) is 13.1 Å². The second-order valence-corrected chi connectivity index (χ2v) is 2.72. The Bertz CT molecular complexity index is 182. The molecule has 1 saturated heterocycles. The van der Waals surface area contributed by atoms with Gasteiger partial charge in [-0.3, -0.25) is 0 Å². The van der Waals surface area contributed by atoms with E-state index in [4.69, 9.17) is 0 Å². The molecule has 0 amide bonds. The first-order valence-corrected chi connectivity index (χ1v) is 3.81. The minimum atomic E-state index is 0.568. The number of hydrogen-bond donors (Lipinski definition) is 2. The van der Waals surface area contributed by atoms with Crippen LogP contribution >= 0.6 is 0 Å². The predicted molar refractivity (Wildman–Crippen MR) is 41.6 cm³/mol. The average Bonchev–Trinajstić information content (AvgIpc) is 2.05. The van der Waals surface area contributed by atoms with Crippen LogP contribution in [0.25, 0.3) is 0 Å². The van der Waals surface area contributed by atoms with Crippen LogP contribution in [-0.4, -0.2) is 19.1 Å². The zero-order valence-corrected chi connectivity index (χ0v) is 5.93. The van der Waals surface area contributed by atoms with Gasteiger partial charge in [-0.2, -0.15) is 0 Å². The fourth-order valence-electron chi connectivity index (χ4n) is 1.46. The van der Waals surface area contributed by atoms with E-state index in [-0.39, 0.29) is 0 Å². The van der Waals surface area contributed by atoms with Crippen LogP contribution in [0.15, 0.2) is 23.9 Å². The Kier molecular flexibility index (Phi) is 1.47. The molecule has 0 aromatic heterocycles. The quantitative estimate of drug-likeness (QED) is 0.503. The summed E-state index contributed by atoms with van der Waals surface area (Å²) < 4.78 is 0. The monoisotopic (exact) mass is 136 g/mol. The zero-order chi connectivity index (χ0) is 6.81. The molecule has 1 aliphatic heterocycles. The lowest BCUT2D eigenvalue weighted by Gasteiger charge is -2.28. The van der Waals surface area contributed by atoms with Crippen LogP contribution in [0.2, 0.25) is 0 Å². The number of hydrogen-bond acceptors (Lipinski definition) is 2. The first kappa shape index (κ1) is 5.98. The minimum absolute atomic E-state index is 0.568. The molecule has 0 saturated carbocycles. The molecule has 2 N–H and O–H groups in total. The molecule has 0 spiro atoms. The Labute approximate surface area is 61.0 Å². The molecule has 2 heteroatoms. The highest BCUT2D eigenvalue weighted by atomic mass is 15.1. The molecule has 1 atom stereocenters. The van der Waals surface area contributed by atoms with E-state index in [1.165, 1.54) is 5.70 Å². The van der Waals surface area contributed by atoms with Crippen LogP contribution in [0.1, 0.15) is 6.42 Å². The van der Waals surface area contributed by atoms with Crippen LogP contribution in [0.5, 0.6) is 0 Å². The van der Waals surface area contributed by atoms with Gasteiger partial charge < -0.3 is 10.6 Å². The molecule has 0 radical (unpaired) electrons. The highest BCUT2D eigenvalue weighted by molar-refractivity contribution is 5.23. The molecule has 2 nitrogen and oxygen atoms in total. The van der Waals surface area contributed by atoms with Gasteiger partial charge >= 0.3 is 0 Å². The second-order valence-electron chi connectivity index (χ2n) is 2.72. The largest absolute Gasteiger partial charge is 0.386 e. The molecule has 2 rings (SSSR count). The summed E-state index contributed by atoms with van der Waals surface area (Å²) in [7, 11) is 0. The maximum atomic E-state index is 3.44. The molecular weight excluding hydrogens is 124 g/mol. The standard InChI is InChI=1S/C8H12N2/c1-2-4-8-7(3-1)9-5-6-10-8/h1-3,8-10H,4-6H2. The highest BCUT2D eigenvalue weighted by Crippen LogP contribution is 2.11. The molecule has 0 bridgehead atoms.